The van der Waals surface area contributed by atoms with Crippen LogP contribution in [-0.2, 0) is 13.1 Å². The number of piperidine rings is 1. The summed E-state index contributed by atoms with van der Waals surface area (Å²) in [7, 11) is 0. The van der Waals surface area contributed by atoms with Crippen molar-refractivity contribution < 1.29 is 22.3 Å². The lowest BCUT2D eigenvalue weighted by Crippen LogP contribution is -2.54. The number of ether oxygens (including phenoxy) is 1. The van der Waals surface area contributed by atoms with Crippen LogP contribution in [0.25, 0.3) is 0 Å². The van der Waals surface area contributed by atoms with Crippen LogP contribution in [0.2, 0.25) is 0 Å². The average molecular weight is 279 g/mol. The van der Waals surface area contributed by atoms with Gasteiger partial charge in [-0.3, -0.25) is 12.8 Å². The lowest BCUT2D eigenvalue weighted by atomic mass is 9.94. The summed E-state index contributed by atoms with van der Waals surface area (Å²) in [5.41, 5.74) is -0.555. The number of carbonyl (C=O) groups is 1. The maximum Gasteiger partial charge on any atom is 0.410 e. The highest BCUT2D eigenvalue weighted by Crippen LogP contribution is 2.35. The van der Waals surface area contributed by atoms with Gasteiger partial charge in [-0.2, -0.15) is 0 Å². The summed E-state index contributed by atoms with van der Waals surface area (Å²) < 4.78 is 28.8. The Kier molecular flexibility index (Phi) is 4.03. The Morgan fingerprint density at radius 1 is 1.44 bits per heavy atom. The first-order chi connectivity index (χ1) is 8.40. The van der Waals surface area contributed by atoms with Crippen molar-refractivity contribution in [3.8, 4) is 0 Å². The van der Waals surface area contributed by atoms with Gasteiger partial charge in [-0.15, -0.1) is 0 Å². The predicted octanol–water partition coefficient (Wildman–Crippen LogP) is 2.17. The lowest BCUT2D eigenvalue weighted by Gasteiger charge is -2.37. The van der Waals surface area contributed by atoms with Crippen LogP contribution in [0, 0.1) is 5.92 Å². The molecule has 0 bridgehead atoms. The first-order valence-electron chi connectivity index (χ1n) is 5.93. The van der Waals surface area contributed by atoms with Crippen molar-refractivity contribution in [3.05, 3.63) is 0 Å². The van der Waals surface area contributed by atoms with Gasteiger partial charge in [0.15, 0.2) is 12.3 Å². The van der Waals surface area contributed by atoms with E-state index in [0.717, 1.165) is 12.3 Å². The minimum Gasteiger partial charge on any atom is -0.444 e. The Labute approximate surface area is 110 Å². The number of amides is 1. The summed E-state index contributed by atoms with van der Waals surface area (Å²) in [6.45, 7) is 5.55. The fourth-order valence-electron chi connectivity index (χ4n) is 2.04. The number of hydrogen-bond donors (Lipinski definition) is 0. The summed E-state index contributed by atoms with van der Waals surface area (Å²) in [4.78, 5) is 13.4. The molecule has 0 aromatic heterocycles. The van der Waals surface area contributed by atoms with E-state index in [0.29, 0.717) is 13.1 Å². The molecule has 0 spiro atoms. The molecule has 2 rings (SSSR count). The Balaban J connectivity index is 2.00. The fraction of sp³-hybridized carbons (Fsp3) is 0.909. The molecular weight excluding hydrogens is 261 g/mol. The SMILES string of the molecule is CC(C)(C)OC(=O)N1CC(CF)[C@H]2OSOC2C1. The van der Waals surface area contributed by atoms with Gasteiger partial charge in [0, 0.05) is 12.5 Å². The molecular formula is C11H18FNO4S. The zero-order valence-electron chi connectivity index (χ0n) is 10.7. The van der Waals surface area contributed by atoms with E-state index in [1.807, 2.05) is 0 Å². The van der Waals surface area contributed by atoms with Crippen LogP contribution in [0.4, 0.5) is 9.18 Å². The van der Waals surface area contributed by atoms with Gasteiger partial charge < -0.3 is 9.64 Å². The molecule has 5 nitrogen and oxygen atoms in total. The normalized spacial score (nSPS) is 32.2. The maximum atomic E-state index is 13.0. The molecule has 18 heavy (non-hydrogen) atoms. The van der Waals surface area contributed by atoms with E-state index in [2.05, 4.69) is 0 Å². The smallest absolute Gasteiger partial charge is 0.410 e. The zero-order chi connectivity index (χ0) is 13.3. The van der Waals surface area contributed by atoms with Gasteiger partial charge in [0.05, 0.1) is 13.2 Å². The molecule has 7 heteroatoms. The van der Waals surface area contributed by atoms with E-state index in [-0.39, 0.29) is 18.1 Å². The van der Waals surface area contributed by atoms with Gasteiger partial charge in [-0.1, -0.05) is 0 Å². The van der Waals surface area contributed by atoms with E-state index in [9.17, 15) is 9.18 Å². The first-order valence-corrected chi connectivity index (χ1v) is 6.60. The molecule has 0 saturated carbocycles. The zero-order valence-corrected chi connectivity index (χ0v) is 11.5. The van der Waals surface area contributed by atoms with Crippen molar-refractivity contribution >= 4 is 18.4 Å². The third-order valence-corrected chi connectivity index (χ3v) is 3.48. The number of nitrogens with zero attached hydrogens (tertiary/aromatic N) is 1. The molecule has 0 aliphatic carbocycles. The molecule has 2 unspecified atom stereocenters. The summed E-state index contributed by atoms with van der Waals surface area (Å²) in [5.74, 6) is -0.355. The minimum atomic E-state index is -0.555. The minimum absolute atomic E-state index is 0.279. The van der Waals surface area contributed by atoms with E-state index in [1.54, 1.807) is 20.8 Å². The second-order valence-corrected chi connectivity index (χ2v) is 6.08. The number of rotatable bonds is 1. The Bertz CT molecular complexity index is 323. The number of fused-ring (bicyclic) bond motifs is 1. The van der Waals surface area contributed by atoms with Gasteiger partial charge in [0.2, 0.25) is 0 Å². The molecule has 104 valence electrons. The van der Waals surface area contributed by atoms with Gasteiger partial charge in [0.1, 0.15) is 17.8 Å². The van der Waals surface area contributed by atoms with E-state index in [4.69, 9.17) is 13.1 Å². The maximum absolute atomic E-state index is 13.0. The van der Waals surface area contributed by atoms with E-state index in [1.165, 1.54) is 4.90 Å². The van der Waals surface area contributed by atoms with Gasteiger partial charge in [0.25, 0.3) is 0 Å². The molecule has 2 aliphatic rings. The van der Waals surface area contributed by atoms with Crippen molar-refractivity contribution in [2.24, 2.45) is 5.92 Å². The van der Waals surface area contributed by atoms with E-state index >= 15 is 0 Å². The van der Waals surface area contributed by atoms with Gasteiger partial charge in [-0.25, -0.2) is 4.79 Å². The quantitative estimate of drug-likeness (QED) is 0.688. The van der Waals surface area contributed by atoms with Crippen molar-refractivity contribution in [2.45, 2.75) is 38.6 Å². The second kappa shape index (κ2) is 5.22. The Morgan fingerprint density at radius 2 is 2.17 bits per heavy atom. The van der Waals surface area contributed by atoms with Gasteiger partial charge in [-0.05, 0) is 20.8 Å². The summed E-state index contributed by atoms with van der Waals surface area (Å²) in [6.07, 6.45) is -0.990. The highest BCUT2D eigenvalue weighted by Gasteiger charge is 2.45. The number of alkyl halides is 1. The number of halogens is 1. The number of likely N-dealkylation sites (tertiary alicyclic amines) is 1. The average Bonchev–Trinajstić information content (AvgIpc) is 2.73. The van der Waals surface area contributed by atoms with Crippen molar-refractivity contribution in [1.29, 1.82) is 0 Å². The van der Waals surface area contributed by atoms with Crippen LogP contribution < -0.4 is 0 Å². The first kappa shape index (κ1) is 13.9. The molecule has 2 aliphatic heterocycles. The van der Waals surface area contributed by atoms with Crippen molar-refractivity contribution in [2.75, 3.05) is 19.8 Å². The molecule has 2 heterocycles. The summed E-state index contributed by atoms with van der Waals surface area (Å²) in [6, 6.07) is 0. The van der Waals surface area contributed by atoms with E-state index < -0.39 is 18.4 Å². The molecule has 2 saturated heterocycles. The molecule has 0 aromatic carbocycles. The van der Waals surface area contributed by atoms with Gasteiger partial charge >= 0.3 is 6.09 Å². The molecule has 0 N–H and O–H groups in total. The van der Waals surface area contributed by atoms with Crippen LogP contribution in [-0.4, -0.2) is 48.6 Å². The summed E-state index contributed by atoms with van der Waals surface area (Å²) >= 11 is 0.880. The van der Waals surface area contributed by atoms with Crippen LogP contribution in [0.5, 0.6) is 0 Å². The Hall–Kier alpha value is -0.530. The summed E-state index contributed by atoms with van der Waals surface area (Å²) in [5, 5.41) is 0. The van der Waals surface area contributed by atoms with Crippen molar-refractivity contribution in [3.63, 3.8) is 0 Å². The Morgan fingerprint density at radius 3 is 2.78 bits per heavy atom. The lowest BCUT2D eigenvalue weighted by molar-refractivity contribution is -0.0249. The molecule has 2 fully saturated rings. The topological polar surface area (TPSA) is 48.0 Å². The molecule has 0 radical (unpaired) electrons. The molecule has 3 atom stereocenters. The predicted molar refractivity (Wildman–Crippen MR) is 64.6 cm³/mol. The fourth-order valence-corrected chi connectivity index (χ4v) is 2.73. The number of hydrogen-bond acceptors (Lipinski definition) is 5. The highest BCUT2D eigenvalue weighted by molar-refractivity contribution is 7.90. The highest BCUT2D eigenvalue weighted by atomic mass is 32.2. The molecule has 0 aromatic rings. The van der Waals surface area contributed by atoms with Crippen LogP contribution >= 0.6 is 12.3 Å². The second-order valence-electron chi connectivity index (χ2n) is 5.56. The van der Waals surface area contributed by atoms with Crippen LogP contribution in [0.3, 0.4) is 0 Å². The van der Waals surface area contributed by atoms with Crippen LogP contribution in [0.1, 0.15) is 20.8 Å². The standard InChI is InChI=1S/C11H18FNO4S/c1-11(2,3)15-10(14)13-5-7(4-12)9-8(6-13)16-18-17-9/h7-9H,4-6H2,1-3H3/t7?,8?,9-/m1/s1. The third-order valence-electron chi connectivity index (χ3n) is 2.85. The van der Waals surface area contributed by atoms with Crippen molar-refractivity contribution in [1.82, 2.24) is 4.90 Å². The monoisotopic (exact) mass is 279 g/mol. The largest absolute Gasteiger partial charge is 0.444 e. The van der Waals surface area contributed by atoms with Crippen LogP contribution in [0.15, 0.2) is 0 Å². The number of carbonyl (C=O) groups excluding carboxylic acids is 1. The molecule has 1 amide bonds. The third kappa shape index (κ3) is 3.07.